The van der Waals surface area contributed by atoms with Crippen LogP contribution in [0, 0.1) is 13.8 Å². The fourth-order valence-electron chi connectivity index (χ4n) is 1.82. The number of thiophene rings is 2. The van der Waals surface area contributed by atoms with Gasteiger partial charge in [-0.2, -0.15) is 0 Å². The van der Waals surface area contributed by atoms with Crippen molar-refractivity contribution in [3.63, 3.8) is 0 Å². The number of ether oxygens (including phenoxy) is 1. The first-order valence-electron chi connectivity index (χ1n) is 6.06. The molecule has 0 aliphatic rings. The average Bonchev–Trinajstić information content (AvgIpc) is 3.02. The number of aryl methyl sites for hydroxylation is 2. The molecular weight excluding hydrogens is 330 g/mol. The minimum absolute atomic E-state index is 0.00706. The number of sulfonamides is 1. The number of nitrogens with one attached hydrogen (secondary N) is 1. The van der Waals surface area contributed by atoms with Crippen LogP contribution in [0.4, 0.5) is 0 Å². The van der Waals surface area contributed by atoms with E-state index >= 15 is 0 Å². The van der Waals surface area contributed by atoms with Gasteiger partial charge >= 0.3 is 5.97 Å². The van der Waals surface area contributed by atoms with Crippen molar-refractivity contribution in [2.45, 2.75) is 25.3 Å². The van der Waals surface area contributed by atoms with E-state index in [1.165, 1.54) is 18.4 Å². The molecule has 2 heterocycles. The Kier molecular flexibility index (Phi) is 4.82. The second-order valence-electron chi connectivity index (χ2n) is 4.41. The van der Waals surface area contributed by atoms with Crippen molar-refractivity contribution in [2.75, 3.05) is 7.11 Å². The maximum atomic E-state index is 12.4. The van der Waals surface area contributed by atoms with Crippen LogP contribution >= 0.6 is 22.7 Å². The Morgan fingerprint density at radius 1 is 1.33 bits per heavy atom. The first-order valence-corrected chi connectivity index (χ1v) is 9.24. The van der Waals surface area contributed by atoms with Gasteiger partial charge in [0.2, 0.25) is 10.0 Å². The summed E-state index contributed by atoms with van der Waals surface area (Å²) in [5.74, 6) is -0.638. The molecule has 0 spiro atoms. The van der Waals surface area contributed by atoms with Gasteiger partial charge in [-0.15, -0.1) is 22.7 Å². The fraction of sp³-hybridized carbons (Fsp3) is 0.308. The van der Waals surface area contributed by atoms with E-state index in [1.54, 1.807) is 12.3 Å². The van der Waals surface area contributed by atoms with Gasteiger partial charge in [-0.3, -0.25) is 0 Å². The van der Waals surface area contributed by atoms with E-state index in [4.69, 9.17) is 0 Å². The van der Waals surface area contributed by atoms with Crippen molar-refractivity contribution in [3.05, 3.63) is 37.7 Å². The normalized spacial score (nSPS) is 11.6. The lowest BCUT2D eigenvalue weighted by molar-refractivity contribution is 0.0602. The van der Waals surface area contributed by atoms with Crippen molar-refractivity contribution in [2.24, 2.45) is 0 Å². The molecule has 5 nitrogen and oxygen atoms in total. The zero-order valence-corrected chi connectivity index (χ0v) is 14.2. The van der Waals surface area contributed by atoms with Crippen molar-refractivity contribution in [1.82, 2.24) is 4.72 Å². The first kappa shape index (κ1) is 16.2. The molecule has 0 aliphatic heterocycles. The van der Waals surface area contributed by atoms with Crippen LogP contribution in [0.5, 0.6) is 0 Å². The molecule has 2 aromatic rings. The zero-order chi connectivity index (χ0) is 15.6. The van der Waals surface area contributed by atoms with Crippen LogP contribution in [-0.2, 0) is 21.3 Å². The van der Waals surface area contributed by atoms with Crippen molar-refractivity contribution >= 4 is 38.7 Å². The lowest BCUT2D eigenvalue weighted by Gasteiger charge is -2.07. The molecule has 0 radical (unpaired) electrons. The monoisotopic (exact) mass is 345 g/mol. The Hall–Kier alpha value is -1.22. The highest BCUT2D eigenvalue weighted by Gasteiger charge is 2.27. The van der Waals surface area contributed by atoms with E-state index in [1.807, 2.05) is 19.1 Å². The topological polar surface area (TPSA) is 72.5 Å². The Morgan fingerprint density at radius 3 is 2.62 bits per heavy atom. The molecule has 0 bridgehead atoms. The van der Waals surface area contributed by atoms with Crippen LogP contribution in [-0.4, -0.2) is 21.5 Å². The Morgan fingerprint density at radius 2 is 2.05 bits per heavy atom. The van der Waals surface area contributed by atoms with E-state index in [0.717, 1.165) is 21.1 Å². The summed E-state index contributed by atoms with van der Waals surface area (Å²) in [7, 11) is -2.52. The first-order chi connectivity index (χ1) is 9.85. The van der Waals surface area contributed by atoms with Crippen LogP contribution in [0.2, 0.25) is 0 Å². The quantitative estimate of drug-likeness (QED) is 0.846. The highest BCUT2D eigenvalue weighted by molar-refractivity contribution is 7.89. The average molecular weight is 345 g/mol. The van der Waals surface area contributed by atoms with Crippen molar-refractivity contribution in [3.8, 4) is 0 Å². The highest BCUT2D eigenvalue weighted by atomic mass is 32.2. The second-order valence-corrected chi connectivity index (χ2v) is 8.36. The summed E-state index contributed by atoms with van der Waals surface area (Å²) in [6.45, 7) is 3.82. The lowest BCUT2D eigenvalue weighted by atomic mass is 10.3. The van der Waals surface area contributed by atoms with Gasteiger partial charge in [0.1, 0.15) is 9.77 Å². The van der Waals surface area contributed by atoms with Gasteiger partial charge in [0.15, 0.2) is 0 Å². The van der Waals surface area contributed by atoms with Crippen LogP contribution in [0.15, 0.2) is 22.4 Å². The Balaban J connectivity index is 2.27. The molecule has 1 N–H and O–H groups in total. The molecule has 0 unspecified atom stereocenters. The lowest BCUT2D eigenvalue weighted by Crippen LogP contribution is -2.24. The minimum Gasteiger partial charge on any atom is -0.465 e. The third kappa shape index (κ3) is 3.52. The predicted molar refractivity (Wildman–Crippen MR) is 83.5 cm³/mol. The van der Waals surface area contributed by atoms with E-state index in [2.05, 4.69) is 9.46 Å². The third-order valence-electron chi connectivity index (χ3n) is 2.79. The SMILES string of the molecule is COC(=O)c1scc(C)c1S(=O)(=O)NCc1ccc(C)s1. The summed E-state index contributed by atoms with van der Waals surface area (Å²) in [6, 6.07) is 3.81. The van der Waals surface area contributed by atoms with Gasteiger partial charge in [-0.1, -0.05) is 0 Å². The summed E-state index contributed by atoms with van der Waals surface area (Å²) in [5.41, 5.74) is 0.537. The van der Waals surface area contributed by atoms with Crippen LogP contribution in [0.1, 0.15) is 25.0 Å². The van der Waals surface area contributed by atoms with E-state index in [-0.39, 0.29) is 16.3 Å². The number of hydrogen-bond donors (Lipinski definition) is 1. The maximum absolute atomic E-state index is 12.4. The number of carbonyl (C=O) groups excluding carboxylic acids is 1. The molecule has 0 fully saturated rings. The molecule has 0 atom stereocenters. The highest BCUT2D eigenvalue weighted by Crippen LogP contribution is 2.27. The third-order valence-corrected chi connectivity index (χ3v) is 6.59. The summed E-state index contributed by atoms with van der Waals surface area (Å²) in [5, 5.41) is 1.64. The number of carbonyl (C=O) groups is 1. The van der Waals surface area contributed by atoms with Crippen LogP contribution < -0.4 is 4.72 Å². The molecule has 0 aromatic carbocycles. The standard InChI is InChI=1S/C13H15NO4S3/c1-8-7-19-11(13(15)18-3)12(8)21(16,17)14-6-10-5-4-9(2)20-10/h4-5,7,14H,6H2,1-3H3. The number of hydrogen-bond acceptors (Lipinski definition) is 6. The van der Waals surface area contributed by atoms with Crippen LogP contribution in [0.3, 0.4) is 0 Å². The molecule has 0 saturated carbocycles. The van der Waals surface area contributed by atoms with Gasteiger partial charge in [0.25, 0.3) is 0 Å². The van der Waals surface area contributed by atoms with E-state index < -0.39 is 16.0 Å². The fourth-order valence-corrected chi connectivity index (χ4v) is 5.45. The Bertz CT molecular complexity index is 758. The van der Waals surface area contributed by atoms with Gasteiger partial charge in [0.05, 0.1) is 7.11 Å². The van der Waals surface area contributed by atoms with Gasteiger partial charge in [0, 0.05) is 16.3 Å². The predicted octanol–water partition coefficient (Wildman–Crippen LogP) is 2.69. The van der Waals surface area contributed by atoms with Crippen molar-refractivity contribution in [1.29, 1.82) is 0 Å². The summed E-state index contributed by atoms with van der Waals surface area (Å²) < 4.78 is 32.0. The number of esters is 1. The van der Waals surface area contributed by atoms with Gasteiger partial charge in [-0.25, -0.2) is 17.9 Å². The van der Waals surface area contributed by atoms with Gasteiger partial charge in [-0.05, 0) is 36.9 Å². The maximum Gasteiger partial charge on any atom is 0.349 e. The van der Waals surface area contributed by atoms with Gasteiger partial charge < -0.3 is 4.74 Å². The molecule has 21 heavy (non-hydrogen) atoms. The molecule has 0 saturated heterocycles. The van der Waals surface area contributed by atoms with Crippen molar-refractivity contribution < 1.29 is 17.9 Å². The molecular formula is C13H15NO4S3. The molecule has 2 rings (SSSR count). The van der Waals surface area contributed by atoms with E-state index in [9.17, 15) is 13.2 Å². The molecule has 114 valence electrons. The molecule has 0 amide bonds. The summed E-state index contributed by atoms with van der Waals surface area (Å²) >= 11 is 2.60. The summed E-state index contributed by atoms with van der Waals surface area (Å²) in [6.07, 6.45) is 0. The smallest absolute Gasteiger partial charge is 0.349 e. The molecule has 0 aliphatic carbocycles. The Labute approximate surface area is 131 Å². The van der Waals surface area contributed by atoms with E-state index in [0.29, 0.717) is 5.56 Å². The number of rotatable bonds is 5. The molecule has 2 aromatic heterocycles. The largest absolute Gasteiger partial charge is 0.465 e. The minimum atomic E-state index is -3.76. The second kappa shape index (κ2) is 6.27. The molecule has 8 heteroatoms. The van der Waals surface area contributed by atoms with Crippen LogP contribution in [0.25, 0.3) is 0 Å². The summed E-state index contributed by atoms with van der Waals surface area (Å²) in [4.78, 5) is 13.8. The zero-order valence-electron chi connectivity index (χ0n) is 11.8. The number of methoxy groups -OCH3 is 1.